The van der Waals surface area contributed by atoms with Crippen molar-refractivity contribution in [3.05, 3.63) is 59.9 Å². The standard InChI is InChI=1S/C17H19FN2O/c1-3-13-7-6-8-14(11-13)19-12(2)17(21)20-16-10-5-4-9-15(16)18/h4-12,19H,3H2,1-2H3,(H,20,21). The average molecular weight is 286 g/mol. The highest BCUT2D eigenvalue weighted by molar-refractivity contribution is 5.96. The van der Waals surface area contributed by atoms with Crippen LogP contribution in [0.3, 0.4) is 0 Å². The molecule has 4 heteroatoms. The third-order valence-corrected chi connectivity index (χ3v) is 3.24. The van der Waals surface area contributed by atoms with Gasteiger partial charge in [0.1, 0.15) is 11.9 Å². The first kappa shape index (κ1) is 15.0. The molecule has 0 saturated carbocycles. The summed E-state index contributed by atoms with van der Waals surface area (Å²) in [4.78, 5) is 12.1. The van der Waals surface area contributed by atoms with E-state index < -0.39 is 11.9 Å². The van der Waals surface area contributed by atoms with Gasteiger partial charge in [0.05, 0.1) is 5.69 Å². The van der Waals surface area contributed by atoms with Crippen LogP contribution in [-0.4, -0.2) is 11.9 Å². The summed E-state index contributed by atoms with van der Waals surface area (Å²) in [5, 5.41) is 5.70. The Labute approximate surface area is 124 Å². The number of aryl methyl sites for hydroxylation is 1. The van der Waals surface area contributed by atoms with E-state index in [2.05, 4.69) is 17.6 Å². The van der Waals surface area contributed by atoms with Gasteiger partial charge in [-0.1, -0.05) is 31.2 Å². The second kappa shape index (κ2) is 6.88. The Bertz CT molecular complexity index is 628. The number of halogens is 1. The van der Waals surface area contributed by atoms with Crippen LogP contribution in [0.25, 0.3) is 0 Å². The van der Waals surface area contributed by atoms with Crippen molar-refractivity contribution < 1.29 is 9.18 Å². The number of anilines is 2. The lowest BCUT2D eigenvalue weighted by Gasteiger charge is -2.16. The highest BCUT2D eigenvalue weighted by Crippen LogP contribution is 2.15. The van der Waals surface area contributed by atoms with Crippen molar-refractivity contribution in [1.29, 1.82) is 0 Å². The molecular formula is C17H19FN2O. The molecule has 0 saturated heterocycles. The minimum absolute atomic E-state index is 0.193. The van der Waals surface area contributed by atoms with Gasteiger partial charge in [-0.3, -0.25) is 4.79 Å². The molecule has 0 radical (unpaired) electrons. The van der Waals surface area contributed by atoms with Crippen LogP contribution < -0.4 is 10.6 Å². The largest absolute Gasteiger partial charge is 0.374 e. The highest BCUT2D eigenvalue weighted by atomic mass is 19.1. The summed E-state index contributed by atoms with van der Waals surface area (Å²) in [7, 11) is 0. The Morgan fingerprint density at radius 2 is 1.95 bits per heavy atom. The number of amides is 1. The summed E-state index contributed by atoms with van der Waals surface area (Å²) in [6.45, 7) is 3.82. The Morgan fingerprint density at radius 3 is 2.67 bits per heavy atom. The van der Waals surface area contributed by atoms with Gasteiger partial charge in [-0.15, -0.1) is 0 Å². The summed E-state index contributed by atoms with van der Waals surface area (Å²) < 4.78 is 13.5. The highest BCUT2D eigenvalue weighted by Gasteiger charge is 2.14. The van der Waals surface area contributed by atoms with Crippen molar-refractivity contribution in [3.8, 4) is 0 Å². The number of rotatable bonds is 5. The Balaban J connectivity index is 2.01. The summed E-state index contributed by atoms with van der Waals surface area (Å²) in [5.74, 6) is -0.715. The van der Waals surface area contributed by atoms with Crippen molar-refractivity contribution in [2.75, 3.05) is 10.6 Å². The van der Waals surface area contributed by atoms with Crippen molar-refractivity contribution in [2.24, 2.45) is 0 Å². The molecule has 1 amide bonds. The number of hydrogen-bond donors (Lipinski definition) is 2. The fourth-order valence-electron chi connectivity index (χ4n) is 2.00. The molecule has 3 nitrogen and oxygen atoms in total. The topological polar surface area (TPSA) is 41.1 Å². The molecule has 0 aliphatic heterocycles. The number of carbonyl (C=O) groups is 1. The first-order chi connectivity index (χ1) is 10.1. The van der Waals surface area contributed by atoms with Crippen LogP contribution >= 0.6 is 0 Å². The third kappa shape index (κ3) is 4.05. The van der Waals surface area contributed by atoms with E-state index in [1.54, 1.807) is 19.1 Å². The molecule has 21 heavy (non-hydrogen) atoms. The number of para-hydroxylation sites is 1. The smallest absolute Gasteiger partial charge is 0.246 e. The van der Waals surface area contributed by atoms with Crippen LogP contribution in [0.5, 0.6) is 0 Å². The molecule has 0 bridgehead atoms. The second-order valence-corrected chi connectivity index (χ2v) is 4.89. The summed E-state index contributed by atoms with van der Waals surface area (Å²) in [6, 6.07) is 13.6. The van der Waals surface area contributed by atoms with Gasteiger partial charge in [0, 0.05) is 5.69 Å². The minimum Gasteiger partial charge on any atom is -0.374 e. The van der Waals surface area contributed by atoms with E-state index in [1.807, 2.05) is 24.3 Å². The van der Waals surface area contributed by atoms with Crippen LogP contribution in [0.2, 0.25) is 0 Å². The number of benzene rings is 2. The third-order valence-electron chi connectivity index (χ3n) is 3.24. The van der Waals surface area contributed by atoms with Crippen LogP contribution in [0.4, 0.5) is 15.8 Å². The van der Waals surface area contributed by atoms with E-state index in [-0.39, 0.29) is 11.6 Å². The van der Waals surface area contributed by atoms with Gasteiger partial charge in [-0.2, -0.15) is 0 Å². The molecular weight excluding hydrogens is 267 g/mol. The van der Waals surface area contributed by atoms with Gasteiger partial charge < -0.3 is 10.6 Å². The zero-order valence-electron chi connectivity index (χ0n) is 12.2. The molecule has 110 valence electrons. The molecule has 1 unspecified atom stereocenters. The van der Waals surface area contributed by atoms with E-state index in [9.17, 15) is 9.18 Å². The number of carbonyl (C=O) groups excluding carboxylic acids is 1. The average Bonchev–Trinajstić information content (AvgIpc) is 2.49. The fourth-order valence-corrected chi connectivity index (χ4v) is 2.00. The quantitative estimate of drug-likeness (QED) is 0.877. The van der Waals surface area contributed by atoms with Gasteiger partial charge in [-0.25, -0.2) is 4.39 Å². The Hall–Kier alpha value is -2.36. The van der Waals surface area contributed by atoms with Crippen molar-refractivity contribution in [3.63, 3.8) is 0 Å². The van der Waals surface area contributed by atoms with Crippen LogP contribution in [0.15, 0.2) is 48.5 Å². The Kier molecular flexibility index (Phi) is 4.93. The normalized spacial score (nSPS) is 11.8. The van der Waals surface area contributed by atoms with E-state index in [4.69, 9.17) is 0 Å². The maximum Gasteiger partial charge on any atom is 0.246 e. The van der Waals surface area contributed by atoms with Gasteiger partial charge >= 0.3 is 0 Å². The van der Waals surface area contributed by atoms with Gasteiger partial charge in [0.25, 0.3) is 0 Å². The predicted molar refractivity (Wildman–Crippen MR) is 83.9 cm³/mol. The number of nitrogens with one attached hydrogen (secondary N) is 2. The predicted octanol–water partition coefficient (Wildman–Crippen LogP) is 3.83. The van der Waals surface area contributed by atoms with Crippen molar-refractivity contribution >= 4 is 17.3 Å². The van der Waals surface area contributed by atoms with E-state index in [1.165, 1.54) is 17.7 Å². The number of hydrogen-bond acceptors (Lipinski definition) is 2. The zero-order chi connectivity index (χ0) is 15.2. The van der Waals surface area contributed by atoms with Gasteiger partial charge in [0.2, 0.25) is 5.91 Å². The molecule has 1 atom stereocenters. The lowest BCUT2D eigenvalue weighted by Crippen LogP contribution is -2.32. The van der Waals surface area contributed by atoms with Gasteiger partial charge in [0.15, 0.2) is 0 Å². The maximum absolute atomic E-state index is 13.5. The molecule has 0 aliphatic carbocycles. The van der Waals surface area contributed by atoms with E-state index in [0.717, 1.165) is 12.1 Å². The van der Waals surface area contributed by atoms with Gasteiger partial charge in [-0.05, 0) is 43.2 Å². The second-order valence-electron chi connectivity index (χ2n) is 4.89. The van der Waals surface area contributed by atoms with Crippen LogP contribution in [-0.2, 0) is 11.2 Å². The van der Waals surface area contributed by atoms with Crippen molar-refractivity contribution in [2.45, 2.75) is 26.3 Å². The first-order valence-electron chi connectivity index (χ1n) is 7.01. The van der Waals surface area contributed by atoms with Crippen LogP contribution in [0, 0.1) is 5.82 Å². The monoisotopic (exact) mass is 286 g/mol. The first-order valence-corrected chi connectivity index (χ1v) is 7.01. The molecule has 0 fully saturated rings. The van der Waals surface area contributed by atoms with E-state index in [0.29, 0.717) is 0 Å². The summed E-state index contributed by atoms with van der Waals surface area (Å²) in [5.41, 5.74) is 2.27. The molecule has 0 aliphatic rings. The molecule has 2 N–H and O–H groups in total. The maximum atomic E-state index is 13.5. The van der Waals surface area contributed by atoms with Crippen LogP contribution in [0.1, 0.15) is 19.4 Å². The lowest BCUT2D eigenvalue weighted by molar-refractivity contribution is -0.116. The summed E-state index contributed by atoms with van der Waals surface area (Å²) >= 11 is 0. The molecule has 0 heterocycles. The molecule has 2 aromatic carbocycles. The zero-order valence-corrected chi connectivity index (χ0v) is 12.2. The van der Waals surface area contributed by atoms with Crippen molar-refractivity contribution in [1.82, 2.24) is 0 Å². The molecule has 2 rings (SSSR count). The molecule has 0 aromatic heterocycles. The molecule has 2 aromatic rings. The fraction of sp³-hybridized carbons (Fsp3) is 0.235. The summed E-state index contributed by atoms with van der Waals surface area (Å²) in [6.07, 6.45) is 0.936. The SMILES string of the molecule is CCc1cccc(NC(C)C(=O)Nc2ccccc2F)c1. The van der Waals surface area contributed by atoms with E-state index >= 15 is 0 Å². The molecule has 0 spiro atoms. The lowest BCUT2D eigenvalue weighted by atomic mass is 10.1. The minimum atomic E-state index is -0.461. The Morgan fingerprint density at radius 1 is 1.19 bits per heavy atom.